The van der Waals surface area contributed by atoms with Gasteiger partial charge in [-0.15, -0.1) is 10.2 Å². The molecule has 0 aliphatic carbocycles. The van der Waals surface area contributed by atoms with Crippen molar-refractivity contribution in [2.24, 2.45) is 0 Å². The first kappa shape index (κ1) is 10.8. The van der Waals surface area contributed by atoms with Gasteiger partial charge < -0.3 is 4.42 Å². The molecule has 2 aromatic heterocycles. The minimum Gasteiger partial charge on any atom is -0.419 e. The average Bonchev–Trinajstić information content (AvgIpc) is 2.78. The highest BCUT2D eigenvalue weighted by atomic mass is 16.4. The molecule has 0 spiro atoms. The quantitative estimate of drug-likeness (QED) is 0.793. The first-order valence-electron chi connectivity index (χ1n) is 5.47. The predicted molar refractivity (Wildman–Crippen MR) is 61.0 cm³/mol. The topological polar surface area (TPSA) is 51.8 Å². The Labute approximate surface area is 94.7 Å². The van der Waals surface area contributed by atoms with Gasteiger partial charge in [0.25, 0.3) is 5.89 Å². The Morgan fingerprint density at radius 2 is 2.12 bits per heavy atom. The van der Waals surface area contributed by atoms with Crippen LogP contribution in [0.2, 0.25) is 0 Å². The summed E-state index contributed by atoms with van der Waals surface area (Å²) in [4.78, 5) is 4.25. The summed E-state index contributed by atoms with van der Waals surface area (Å²) >= 11 is 0. The van der Waals surface area contributed by atoms with Crippen LogP contribution in [0.4, 0.5) is 0 Å². The Morgan fingerprint density at radius 1 is 1.31 bits per heavy atom. The van der Waals surface area contributed by atoms with Crippen molar-refractivity contribution in [1.82, 2.24) is 15.2 Å². The number of rotatable bonds is 3. The highest BCUT2D eigenvalue weighted by Crippen LogP contribution is 2.21. The fourth-order valence-electron chi connectivity index (χ4n) is 1.31. The summed E-state index contributed by atoms with van der Waals surface area (Å²) in [5.41, 5.74) is 1.85. The molecule has 0 saturated heterocycles. The highest BCUT2D eigenvalue weighted by molar-refractivity contribution is 5.45. The smallest absolute Gasteiger partial charge is 0.266 e. The number of aryl methyl sites for hydroxylation is 1. The lowest BCUT2D eigenvalue weighted by Gasteiger charge is -1.99. The van der Waals surface area contributed by atoms with Crippen LogP contribution in [0, 0.1) is 6.92 Å². The number of pyridine rings is 1. The third-order valence-electron chi connectivity index (χ3n) is 2.61. The van der Waals surface area contributed by atoms with E-state index in [1.807, 2.05) is 19.1 Å². The zero-order valence-corrected chi connectivity index (χ0v) is 9.77. The van der Waals surface area contributed by atoms with Crippen LogP contribution in [0.5, 0.6) is 0 Å². The van der Waals surface area contributed by atoms with Crippen molar-refractivity contribution in [2.75, 3.05) is 0 Å². The lowest BCUT2D eigenvalue weighted by Crippen LogP contribution is -1.90. The van der Waals surface area contributed by atoms with Crippen LogP contribution >= 0.6 is 0 Å². The van der Waals surface area contributed by atoms with E-state index < -0.39 is 0 Å². The molecule has 0 bridgehead atoms. The van der Waals surface area contributed by atoms with Crippen molar-refractivity contribution in [1.29, 1.82) is 0 Å². The van der Waals surface area contributed by atoms with Gasteiger partial charge in [0.05, 0.1) is 0 Å². The molecule has 2 rings (SSSR count). The van der Waals surface area contributed by atoms with E-state index in [9.17, 15) is 0 Å². The van der Waals surface area contributed by atoms with Crippen molar-refractivity contribution in [3.8, 4) is 11.6 Å². The molecule has 2 heterocycles. The maximum atomic E-state index is 5.58. The van der Waals surface area contributed by atoms with Gasteiger partial charge in [0.2, 0.25) is 5.89 Å². The van der Waals surface area contributed by atoms with E-state index in [1.165, 1.54) is 0 Å². The Bertz CT molecular complexity index is 461. The van der Waals surface area contributed by atoms with Gasteiger partial charge in [-0.3, -0.25) is 4.98 Å². The van der Waals surface area contributed by atoms with E-state index in [4.69, 9.17) is 4.42 Å². The third kappa shape index (κ3) is 2.10. The first-order valence-corrected chi connectivity index (χ1v) is 5.47. The summed E-state index contributed by atoms with van der Waals surface area (Å²) in [6, 6.07) is 3.87. The number of aromatic nitrogens is 3. The van der Waals surface area contributed by atoms with Gasteiger partial charge in [-0.1, -0.05) is 19.9 Å². The van der Waals surface area contributed by atoms with Crippen molar-refractivity contribution in [3.05, 3.63) is 29.8 Å². The van der Waals surface area contributed by atoms with Gasteiger partial charge in [0.1, 0.15) is 5.69 Å². The molecule has 1 atom stereocenters. The summed E-state index contributed by atoms with van der Waals surface area (Å²) in [5, 5.41) is 8.04. The van der Waals surface area contributed by atoms with Crippen LogP contribution in [0.15, 0.2) is 22.7 Å². The van der Waals surface area contributed by atoms with Gasteiger partial charge in [-0.05, 0) is 25.0 Å². The second-order valence-corrected chi connectivity index (χ2v) is 3.98. The normalized spacial score (nSPS) is 12.7. The Kier molecular flexibility index (Phi) is 2.99. The summed E-state index contributed by atoms with van der Waals surface area (Å²) in [6.45, 7) is 6.16. The molecular formula is C12H15N3O. The molecule has 0 amide bonds. The summed E-state index contributed by atoms with van der Waals surface area (Å²) in [7, 11) is 0. The number of hydrogen-bond acceptors (Lipinski definition) is 4. The number of nitrogens with zero attached hydrogens (tertiary/aromatic N) is 3. The maximum absolute atomic E-state index is 5.58. The van der Waals surface area contributed by atoms with Crippen LogP contribution < -0.4 is 0 Å². The third-order valence-corrected chi connectivity index (χ3v) is 2.61. The molecule has 0 fully saturated rings. The molecule has 0 aliphatic rings. The molecule has 16 heavy (non-hydrogen) atoms. The van der Waals surface area contributed by atoms with Crippen LogP contribution in [-0.4, -0.2) is 15.2 Å². The molecule has 0 aliphatic heterocycles. The molecule has 84 valence electrons. The lowest BCUT2D eigenvalue weighted by atomic mass is 10.1. The van der Waals surface area contributed by atoms with E-state index in [-0.39, 0.29) is 0 Å². The van der Waals surface area contributed by atoms with Gasteiger partial charge in [0.15, 0.2) is 0 Å². The highest BCUT2D eigenvalue weighted by Gasteiger charge is 2.13. The summed E-state index contributed by atoms with van der Waals surface area (Å²) in [5.74, 6) is 1.47. The zero-order chi connectivity index (χ0) is 11.5. The fraction of sp³-hybridized carbons (Fsp3) is 0.417. The van der Waals surface area contributed by atoms with Gasteiger partial charge in [-0.2, -0.15) is 0 Å². The van der Waals surface area contributed by atoms with Crippen molar-refractivity contribution in [3.63, 3.8) is 0 Å². The minimum absolute atomic E-state index is 0.298. The van der Waals surface area contributed by atoms with E-state index in [1.54, 1.807) is 6.20 Å². The van der Waals surface area contributed by atoms with Crippen LogP contribution in [0.3, 0.4) is 0 Å². The monoisotopic (exact) mass is 217 g/mol. The zero-order valence-electron chi connectivity index (χ0n) is 9.77. The van der Waals surface area contributed by atoms with Gasteiger partial charge in [-0.25, -0.2) is 0 Å². The SMILES string of the molecule is CCC(C)c1nnc(-c2ccc(C)cn2)o1. The minimum atomic E-state index is 0.298. The van der Waals surface area contributed by atoms with Gasteiger partial charge >= 0.3 is 0 Å². The standard InChI is InChI=1S/C12H15N3O/c1-4-9(3)11-14-15-12(16-11)10-6-5-8(2)7-13-10/h5-7,9H,4H2,1-3H3. The predicted octanol–water partition coefficient (Wildman–Crippen LogP) is 2.95. The van der Waals surface area contributed by atoms with Crippen molar-refractivity contribution >= 4 is 0 Å². The second kappa shape index (κ2) is 4.43. The lowest BCUT2D eigenvalue weighted by molar-refractivity contribution is 0.461. The van der Waals surface area contributed by atoms with E-state index in [2.05, 4.69) is 29.0 Å². The van der Waals surface area contributed by atoms with Crippen LogP contribution in [-0.2, 0) is 0 Å². The fourth-order valence-corrected chi connectivity index (χ4v) is 1.31. The number of hydrogen-bond donors (Lipinski definition) is 0. The Hall–Kier alpha value is -1.71. The Balaban J connectivity index is 2.28. The molecule has 4 heteroatoms. The maximum Gasteiger partial charge on any atom is 0.266 e. The molecule has 0 radical (unpaired) electrons. The largest absolute Gasteiger partial charge is 0.419 e. The van der Waals surface area contributed by atoms with E-state index in [0.29, 0.717) is 17.7 Å². The molecule has 2 aromatic rings. The molecule has 1 unspecified atom stereocenters. The van der Waals surface area contributed by atoms with Crippen molar-refractivity contribution < 1.29 is 4.42 Å². The molecule has 4 nitrogen and oxygen atoms in total. The average molecular weight is 217 g/mol. The summed E-state index contributed by atoms with van der Waals surface area (Å²) < 4.78 is 5.58. The molecule has 0 N–H and O–H groups in total. The first-order chi connectivity index (χ1) is 7.70. The van der Waals surface area contributed by atoms with E-state index in [0.717, 1.165) is 17.7 Å². The molecular weight excluding hydrogens is 202 g/mol. The molecule has 0 aromatic carbocycles. The Morgan fingerprint density at radius 3 is 2.75 bits per heavy atom. The van der Waals surface area contributed by atoms with Crippen LogP contribution in [0.25, 0.3) is 11.6 Å². The second-order valence-electron chi connectivity index (χ2n) is 3.98. The van der Waals surface area contributed by atoms with Gasteiger partial charge in [0, 0.05) is 12.1 Å². The van der Waals surface area contributed by atoms with E-state index >= 15 is 0 Å². The molecule has 0 saturated carbocycles. The van der Waals surface area contributed by atoms with Crippen molar-refractivity contribution in [2.45, 2.75) is 33.1 Å². The van der Waals surface area contributed by atoms with Crippen LogP contribution in [0.1, 0.15) is 37.6 Å². The summed E-state index contributed by atoms with van der Waals surface area (Å²) in [6.07, 6.45) is 2.78.